The molecule has 78 valence electrons. The van der Waals surface area contributed by atoms with Crippen LogP contribution in [0.5, 0.6) is 5.75 Å². The molecule has 0 aliphatic carbocycles. The molecular weight excluding hydrogens is 204 g/mol. The molecule has 1 aromatic carbocycles. The van der Waals surface area contributed by atoms with Crippen molar-refractivity contribution < 1.29 is 14.9 Å². The number of aliphatic hydroxyl groups excluding tert-OH is 1. The van der Waals surface area contributed by atoms with E-state index < -0.39 is 11.9 Å². The first-order valence-corrected chi connectivity index (χ1v) is 4.71. The van der Waals surface area contributed by atoms with Crippen molar-refractivity contribution in [3.05, 3.63) is 29.3 Å². The van der Waals surface area contributed by atoms with Crippen molar-refractivity contribution in [3.63, 3.8) is 0 Å². The van der Waals surface area contributed by atoms with Crippen LogP contribution in [0.2, 0.25) is 0 Å². The van der Waals surface area contributed by atoms with Crippen LogP contribution < -0.4 is 4.74 Å². The zero-order chi connectivity index (χ0) is 10.7. The van der Waals surface area contributed by atoms with Gasteiger partial charge in [0, 0.05) is 5.56 Å². The largest absolute Gasteiger partial charge is 0.475 e. The molecular formula is C10H13ClO3. The van der Waals surface area contributed by atoms with Crippen molar-refractivity contribution in [1.29, 1.82) is 0 Å². The van der Waals surface area contributed by atoms with Crippen LogP contribution >= 0.6 is 11.6 Å². The minimum atomic E-state index is -1.45. The van der Waals surface area contributed by atoms with Crippen molar-refractivity contribution >= 4 is 11.6 Å². The average Bonchev–Trinajstić information content (AvgIpc) is 2.07. The smallest absolute Gasteiger partial charge is 0.178 e. The number of aliphatic hydroxyl groups is 2. The minimum Gasteiger partial charge on any atom is -0.475 e. The molecule has 0 saturated carbocycles. The van der Waals surface area contributed by atoms with Gasteiger partial charge in [-0.15, -0.1) is 0 Å². The van der Waals surface area contributed by atoms with Gasteiger partial charge in [-0.3, -0.25) is 0 Å². The summed E-state index contributed by atoms with van der Waals surface area (Å²) in [5.74, 6) is 0.650. The maximum atomic E-state index is 8.91. The van der Waals surface area contributed by atoms with E-state index in [0.717, 1.165) is 5.56 Å². The van der Waals surface area contributed by atoms with E-state index in [1.165, 1.54) is 0 Å². The zero-order valence-electron chi connectivity index (χ0n) is 8.07. The second kappa shape index (κ2) is 4.64. The number of benzene rings is 1. The van der Waals surface area contributed by atoms with Gasteiger partial charge < -0.3 is 14.9 Å². The molecule has 0 amide bonds. The Hall–Kier alpha value is -0.770. The van der Waals surface area contributed by atoms with Gasteiger partial charge in [-0.1, -0.05) is 17.7 Å². The van der Waals surface area contributed by atoms with Crippen LogP contribution in [0.15, 0.2) is 18.2 Å². The Labute approximate surface area is 87.9 Å². The monoisotopic (exact) mass is 216 g/mol. The van der Waals surface area contributed by atoms with Gasteiger partial charge in [0.2, 0.25) is 0 Å². The van der Waals surface area contributed by atoms with Crippen LogP contribution in [-0.2, 0) is 0 Å². The van der Waals surface area contributed by atoms with Gasteiger partial charge >= 0.3 is 0 Å². The molecule has 0 heterocycles. The quantitative estimate of drug-likeness (QED) is 0.600. The molecule has 0 spiro atoms. The van der Waals surface area contributed by atoms with E-state index in [1.54, 1.807) is 25.1 Å². The first-order chi connectivity index (χ1) is 6.50. The van der Waals surface area contributed by atoms with Crippen LogP contribution in [0.1, 0.15) is 24.3 Å². The Bertz CT molecular complexity index is 310. The van der Waals surface area contributed by atoms with E-state index in [1.807, 2.05) is 6.92 Å². The molecule has 0 aliphatic rings. The molecule has 0 radical (unpaired) electrons. The Kier molecular flexibility index (Phi) is 3.75. The van der Waals surface area contributed by atoms with E-state index in [4.69, 9.17) is 26.6 Å². The summed E-state index contributed by atoms with van der Waals surface area (Å²) >= 11 is 5.67. The lowest BCUT2D eigenvalue weighted by molar-refractivity contribution is -0.0425. The first kappa shape index (κ1) is 11.3. The Balaban J connectivity index is 2.90. The molecule has 1 atom stereocenters. The number of halogens is 1. The molecule has 0 bridgehead atoms. The highest BCUT2D eigenvalue weighted by Gasteiger charge is 2.07. The molecule has 14 heavy (non-hydrogen) atoms. The summed E-state index contributed by atoms with van der Waals surface area (Å²) in [5.41, 5.74) is 0.860. The number of hydrogen-bond donors (Lipinski definition) is 2. The number of aryl methyl sites for hydroxylation is 1. The molecule has 0 aromatic heterocycles. The number of rotatable bonds is 3. The van der Waals surface area contributed by atoms with E-state index in [9.17, 15) is 0 Å². The van der Waals surface area contributed by atoms with Gasteiger partial charge in [0.15, 0.2) is 11.9 Å². The summed E-state index contributed by atoms with van der Waals surface area (Å²) in [4.78, 5) is 0. The fourth-order valence-electron chi connectivity index (χ4n) is 1.14. The molecule has 1 rings (SSSR count). The van der Waals surface area contributed by atoms with Crippen molar-refractivity contribution in [2.75, 3.05) is 0 Å². The van der Waals surface area contributed by atoms with Gasteiger partial charge in [-0.2, -0.15) is 0 Å². The summed E-state index contributed by atoms with van der Waals surface area (Å²) < 4.78 is 5.28. The van der Waals surface area contributed by atoms with E-state index in [0.29, 0.717) is 11.3 Å². The summed E-state index contributed by atoms with van der Waals surface area (Å²) in [6.07, 6.45) is -1.45. The highest BCUT2D eigenvalue weighted by Crippen LogP contribution is 2.23. The summed E-state index contributed by atoms with van der Waals surface area (Å²) in [6.45, 7) is 3.54. The lowest BCUT2D eigenvalue weighted by Crippen LogP contribution is -2.04. The fraction of sp³-hybridized carbons (Fsp3) is 0.400. The molecule has 2 N–H and O–H groups in total. The topological polar surface area (TPSA) is 49.7 Å². The van der Waals surface area contributed by atoms with Gasteiger partial charge in [-0.25, -0.2) is 0 Å². The van der Waals surface area contributed by atoms with Crippen LogP contribution in [0.25, 0.3) is 0 Å². The molecule has 4 heteroatoms. The first-order valence-electron chi connectivity index (χ1n) is 4.28. The van der Waals surface area contributed by atoms with Crippen LogP contribution in [-0.4, -0.2) is 15.8 Å². The van der Waals surface area contributed by atoms with E-state index in [-0.39, 0.29) is 0 Å². The van der Waals surface area contributed by atoms with Gasteiger partial charge in [-0.05, 0) is 31.5 Å². The van der Waals surface area contributed by atoms with Crippen molar-refractivity contribution in [2.24, 2.45) is 0 Å². The molecule has 0 aliphatic heterocycles. The average molecular weight is 217 g/mol. The third-order valence-corrected chi connectivity index (χ3v) is 1.88. The van der Waals surface area contributed by atoms with Gasteiger partial charge in [0.05, 0.1) is 0 Å². The predicted octanol–water partition coefficient (Wildman–Crippen LogP) is 1.94. The molecule has 0 saturated heterocycles. The minimum absolute atomic E-state index is 0.404. The standard InChI is InChI=1S/C10H13ClO3/c1-6-5-8(10(12)13)3-4-9(6)14-7(2)11/h3-5,7,10,12-13H,1-2H3. The van der Waals surface area contributed by atoms with Gasteiger partial charge in [0.1, 0.15) is 5.75 Å². The summed E-state index contributed by atoms with van der Waals surface area (Å²) in [7, 11) is 0. The van der Waals surface area contributed by atoms with E-state index >= 15 is 0 Å². The van der Waals surface area contributed by atoms with Gasteiger partial charge in [0.25, 0.3) is 0 Å². The maximum absolute atomic E-state index is 8.91. The summed E-state index contributed by atoms with van der Waals surface area (Å²) in [5, 5.41) is 17.8. The van der Waals surface area contributed by atoms with Crippen molar-refractivity contribution in [2.45, 2.75) is 25.7 Å². The van der Waals surface area contributed by atoms with Crippen LogP contribution in [0.3, 0.4) is 0 Å². The summed E-state index contributed by atoms with van der Waals surface area (Å²) in [6, 6.07) is 4.91. The van der Waals surface area contributed by atoms with Crippen molar-refractivity contribution in [3.8, 4) is 5.75 Å². The normalized spacial score (nSPS) is 13.0. The Morgan fingerprint density at radius 3 is 2.43 bits per heavy atom. The third kappa shape index (κ3) is 2.87. The lowest BCUT2D eigenvalue weighted by Gasteiger charge is -2.12. The number of alkyl halides is 1. The molecule has 0 fully saturated rings. The highest BCUT2D eigenvalue weighted by molar-refractivity contribution is 6.19. The molecule has 3 nitrogen and oxygen atoms in total. The SMILES string of the molecule is Cc1cc(C(O)O)ccc1OC(C)Cl. The number of ether oxygens (including phenoxy) is 1. The predicted molar refractivity (Wildman–Crippen MR) is 54.3 cm³/mol. The second-order valence-corrected chi connectivity index (χ2v) is 3.67. The third-order valence-electron chi connectivity index (χ3n) is 1.79. The lowest BCUT2D eigenvalue weighted by atomic mass is 10.1. The van der Waals surface area contributed by atoms with Crippen molar-refractivity contribution in [1.82, 2.24) is 0 Å². The molecule has 1 unspecified atom stereocenters. The maximum Gasteiger partial charge on any atom is 0.178 e. The van der Waals surface area contributed by atoms with Crippen LogP contribution in [0, 0.1) is 6.92 Å². The Morgan fingerprint density at radius 2 is 2.00 bits per heavy atom. The van der Waals surface area contributed by atoms with E-state index in [2.05, 4.69) is 0 Å². The number of hydrogen-bond acceptors (Lipinski definition) is 3. The zero-order valence-corrected chi connectivity index (χ0v) is 8.82. The van der Waals surface area contributed by atoms with Crippen LogP contribution in [0.4, 0.5) is 0 Å². The second-order valence-electron chi connectivity index (χ2n) is 3.06. The highest BCUT2D eigenvalue weighted by atomic mass is 35.5. The Morgan fingerprint density at radius 1 is 1.36 bits per heavy atom. The molecule has 1 aromatic rings. The fourth-order valence-corrected chi connectivity index (χ4v) is 1.24.